The van der Waals surface area contributed by atoms with Gasteiger partial charge >= 0.3 is 0 Å². The van der Waals surface area contributed by atoms with Gasteiger partial charge in [0.05, 0.1) is 6.54 Å². The Labute approximate surface area is 113 Å². The molecule has 0 saturated heterocycles. The lowest BCUT2D eigenvalue weighted by molar-refractivity contribution is 0.360. The molecule has 0 saturated carbocycles. The molecule has 0 aliphatic carbocycles. The molecule has 0 fully saturated rings. The quantitative estimate of drug-likeness (QED) is 0.899. The first-order valence-corrected chi connectivity index (χ1v) is 6.71. The monoisotopic (exact) mass is 262 g/mol. The van der Waals surface area contributed by atoms with Crippen LogP contribution in [-0.4, -0.2) is 14.7 Å². The Morgan fingerprint density at radius 3 is 2.63 bits per heavy atom. The van der Waals surface area contributed by atoms with Crippen molar-refractivity contribution in [1.82, 2.24) is 14.7 Å². The van der Waals surface area contributed by atoms with E-state index in [1.165, 1.54) is 0 Å². The van der Waals surface area contributed by atoms with Gasteiger partial charge in [-0.25, -0.2) is 0 Å². The van der Waals surface area contributed by atoms with Crippen molar-refractivity contribution in [3.05, 3.63) is 35.7 Å². The second-order valence-electron chi connectivity index (χ2n) is 5.59. The largest absolute Gasteiger partial charge is 0.346 e. The van der Waals surface area contributed by atoms with Gasteiger partial charge in [0.25, 0.3) is 0 Å². The van der Waals surface area contributed by atoms with Crippen molar-refractivity contribution in [3.63, 3.8) is 0 Å². The van der Waals surface area contributed by atoms with Crippen molar-refractivity contribution in [2.45, 2.75) is 46.2 Å². The Morgan fingerprint density at radius 2 is 2.05 bits per heavy atom. The van der Waals surface area contributed by atoms with E-state index in [0.717, 1.165) is 5.56 Å². The number of aromatic nitrogens is 3. The summed E-state index contributed by atoms with van der Waals surface area (Å²) >= 11 is 0. The molecule has 5 heteroatoms. The minimum Gasteiger partial charge on any atom is -0.346 e. The average Bonchev–Trinajstić information content (AvgIpc) is 2.97. The summed E-state index contributed by atoms with van der Waals surface area (Å²) in [7, 11) is 0. The van der Waals surface area contributed by atoms with Crippen LogP contribution in [0.3, 0.4) is 0 Å². The van der Waals surface area contributed by atoms with Gasteiger partial charge in [0, 0.05) is 24.4 Å². The van der Waals surface area contributed by atoms with E-state index < -0.39 is 0 Å². The lowest BCUT2D eigenvalue weighted by Crippen LogP contribution is -2.16. The molecule has 2 rings (SSSR count). The molecule has 1 unspecified atom stereocenters. The summed E-state index contributed by atoms with van der Waals surface area (Å²) in [4.78, 5) is 4.36. The van der Waals surface area contributed by atoms with Crippen LogP contribution in [0.2, 0.25) is 0 Å². The smallest absolute Gasteiger partial charge is 0.229 e. The van der Waals surface area contributed by atoms with Gasteiger partial charge in [-0.3, -0.25) is 0 Å². The first kappa shape index (κ1) is 13.8. The summed E-state index contributed by atoms with van der Waals surface area (Å²) in [6.07, 6.45) is 4.05. The molecule has 0 radical (unpaired) electrons. The molecule has 0 bridgehead atoms. The van der Waals surface area contributed by atoms with Crippen LogP contribution < -0.4 is 5.73 Å². The normalized spacial score (nSPS) is 13.4. The van der Waals surface area contributed by atoms with Crippen LogP contribution in [0.25, 0.3) is 0 Å². The Kier molecular flexibility index (Phi) is 4.04. The molecule has 1 atom stereocenters. The zero-order valence-electron chi connectivity index (χ0n) is 12.0. The number of rotatable bonds is 5. The highest BCUT2D eigenvalue weighted by atomic mass is 16.5. The Balaban J connectivity index is 2.07. The van der Waals surface area contributed by atoms with Crippen molar-refractivity contribution in [2.75, 3.05) is 0 Å². The highest BCUT2D eigenvalue weighted by Gasteiger charge is 2.13. The standard InChI is InChI=1S/C14H22N4O/c1-9(2)13(15)11-5-6-18(7-11)8-12-16-14(10(3)4)19-17-12/h5-7,9-10,13H,8,15H2,1-4H3. The van der Waals surface area contributed by atoms with Crippen LogP contribution in [-0.2, 0) is 6.54 Å². The van der Waals surface area contributed by atoms with Gasteiger partial charge in [-0.15, -0.1) is 0 Å². The number of hydrogen-bond acceptors (Lipinski definition) is 4. The maximum absolute atomic E-state index is 6.13. The fourth-order valence-electron chi connectivity index (χ4n) is 1.87. The van der Waals surface area contributed by atoms with Crippen molar-refractivity contribution < 1.29 is 4.52 Å². The molecule has 2 aromatic rings. The summed E-state index contributed by atoms with van der Waals surface area (Å²) in [5, 5.41) is 3.98. The van der Waals surface area contributed by atoms with Crippen molar-refractivity contribution >= 4 is 0 Å². The summed E-state index contributed by atoms with van der Waals surface area (Å²) < 4.78 is 7.23. The SMILES string of the molecule is CC(C)c1nc(Cn2ccc(C(N)C(C)C)c2)no1. The van der Waals surface area contributed by atoms with E-state index in [4.69, 9.17) is 10.3 Å². The fourth-order valence-corrected chi connectivity index (χ4v) is 1.87. The van der Waals surface area contributed by atoms with Crippen LogP contribution >= 0.6 is 0 Å². The maximum atomic E-state index is 6.13. The van der Waals surface area contributed by atoms with Crippen molar-refractivity contribution in [2.24, 2.45) is 11.7 Å². The molecule has 0 aliphatic rings. The fraction of sp³-hybridized carbons (Fsp3) is 0.571. The van der Waals surface area contributed by atoms with Gasteiger partial charge in [0.15, 0.2) is 5.82 Å². The second kappa shape index (κ2) is 5.57. The predicted octanol–water partition coefficient (Wildman–Crippen LogP) is 2.70. The maximum Gasteiger partial charge on any atom is 0.229 e. The molecular weight excluding hydrogens is 240 g/mol. The molecule has 104 valence electrons. The van der Waals surface area contributed by atoms with E-state index in [1.54, 1.807) is 0 Å². The van der Waals surface area contributed by atoms with E-state index in [0.29, 0.717) is 24.2 Å². The molecule has 0 aromatic carbocycles. The van der Waals surface area contributed by atoms with E-state index in [1.807, 2.05) is 30.7 Å². The third kappa shape index (κ3) is 3.23. The lowest BCUT2D eigenvalue weighted by atomic mass is 10.00. The topological polar surface area (TPSA) is 69.9 Å². The van der Waals surface area contributed by atoms with Gasteiger partial charge in [-0.2, -0.15) is 4.98 Å². The zero-order valence-corrected chi connectivity index (χ0v) is 12.0. The average molecular weight is 262 g/mol. The number of nitrogens with two attached hydrogens (primary N) is 1. The Bertz CT molecular complexity index is 527. The van der Waals surface area contributed by atoms with Gasteiger partial charge in [-0.1, -0.05) is 32.9 Å². The number of hydrogen-bond donors (Lipinski definition) is 1. The minimum atomic E-state index is 0.0674. The number of nitrogens with zero attached hydrogens (tertiary/aromatic N) is 3. The van der Waals surface area contributed by atoms with Crippen LogP contribution in [0.5, 0.6) is 0 Å². The first-order chi connectivity index (χ1) is 8.97. The zero-order chi connectivity index (χ0) is 14.0. The molecule has 19 heavy (non-hydrogen) atoms. The Hall–Kier alpha value is -1.62. The molecular formula is C14H22N4O. The van der Waals surface area contributed by atoms with Crippen molar-refractivity contribution in [3.8, 4) is 0 Å². The molecule has 0 amide bonds. The second-order valence-corrected chi connectivity index (χ2v) is 5.59. The minimum absolute atomic E-state index is 0.0674. The molecule has 2 heterocycles. The van der Waals surface area contributed by atoms with Gasteiger partial charge < -0.3 is 14.8 Å². The van der Waals surface area contributed by atoms with E-state index in [9.17, 15) is 0 Å². The van der Waals surface area contributed by atoms with Gasteiger partial charge in [-0.05, 0) is 17.5 Å². The molecule has 0 aliphatic heterocycles. The lowest BCUT2D eigenvalue weighted by Gasteiger charge is -2.13. The highest BCUT2D eigenvalue weighted by Crippen LogP contribution is 2.19. The third-order valence-corrected chi connectivity index (χ3v) is 3.18. The van der Waals surface area contributed by atoms with Crippen LogP contribution in [0.15, 0.2) is 23.0 Å². The molecule has 0 spiro atoms. The van der Waals surface area contributed by atoms with Crippen molar-refractivity contribution in [1.29, 1.82) is 0 Å². The van der Waals surface area contributed by atoms with E-state index >= 15 is 0 Å². The van der Waals surface area contributed by atoms with Crippen LogP contribution in [0.4, 0.5) is 0 Å². The molecule has 5 nitrogen and oxygen atoms in total. The highest BCUT2D eigenvalue weighted by molar-refractivity contribution is 5.16. The summed E-state index contributed by atoms with van der Waals surface area (Å²) in [5.74, 6) is 2.06. The van der Waals surface area contributed by atoms with E-state index in [-0.39, 0.29) is 12.0 Å². The predicted molar refractivity (Wildman–Crippen MR) is 73.7 cm³/mol. The molecule has 2 aromatic heterocycles. The van der Waals surface area contributed by atoms with E-state index in [2.05, 4.69) is 30.2 Å². The van der Waals surface area contributed by atoms with Crippen LogP contribution in [0, 0.1) is 5.92 Å². The Morgan fingerprint density at radius 1 is 1.32 bits per heavy atom. The summed E-state index contributed by atoms with van der Waals surface area (Å²) in [6, 6.07) is 2.12. The summed E-state index contributed by atoms with van der Waals surface area (Å²) in [6.45, 7) is 8.92. The van der Waals surface area contributed by atoms with Gasteiger partial charge in [0.1, 0.15) is 0 Å². The molecule has 2 N–H and O–H groups in total. The van der Waals surface area contributed by atoms with Gasteiger partial charge in [0.2, 0.25) is 5.89 Å². The first-order valence-electron chi connectivity index (χ1n) is 6.71. The summed E-state index contributed by atoms with van der Waals surface area (Å²) in [5.41, 5.74) is 7.27. The van der Waals surface area contributed by atoms with Crippen LogP contribution in [0.1, 0.15) is 56.9 Å². The third-order valence-electron chi connectivity index (χ3n) is 3.18.